The number of fused-ring (bicyclic) bond motifs is 1. The number of aliphatic hydroxyl groups excluding tert-OH is 1. The fourth-order valence-corrected chi connectivity index (χ4v) is 2.24. The van der Waals surface area contributed by atoms with Crippen molar-refractivity contribution in [3.8, 4) is 0 Å². The van der Waals surface area contributed by atoms with E-state index in [9.17, 15) is 35.8 Å². The average Bonchev–Trinajstić information content (AvgIpc) is 2.41. The van der Waals surface area contributed by atoms with Crippen molar-refractivity contribution in [3.05, 3.63) is 41.1 Å². The second kappa shape index (κ2) is 5.58. The minimum atomic E-state index is -5.05. The molecule has 1 aromatic heterocycles. The van der Waals surface area contributed by atoms with E-state index in [1.54, 1.807) is 0 Å². The van der Waals surface area contributed by atoms with Gasteiger partial charge in [0.05, 0.1) is 11.1 Å². The summed E-state index contributed by atoms with van der Waals surface area (Å²) in [6, 6.07) is 2.96. The summed E-state index contributed by atoms with van der Waals surface area (Å²) in [7, 11) is 0. The monoisotopic (exact) mass is 355 g/mol. The fraction of sp³-hybridized carbons (Fsp3) is 0.400. The van der Waals surface area contributed by atoms with Crippen LogP contribution in [0.3, 0.4) is 0 Å². The van der Waals surface area contributed by atoms with Gasteiger partial charge < -0.3 is 5.11 Å². The van der Waals surface area contributed by atoms with Crippen LogP contribution in [0.25, 0.3) is 10.9 Å². The van der Waals surface area contributed by atoms with Crippen LogP contribution < -0.4 is 0 Å². The summed E-state index contributed by atoms with van der Waals surface area (Å²) in [5.74, 6) is 0. The number of rotatable bonds is 2. The minimum Gasteiger partial charge on any atom is -0.385 e. The maximum atomic E-state index is 14.0. The van der Waals surface area contributed by atoms with Gasteiger partial charge in [-0.1, -0.05) is 12.1 Å². The van der Waals surface area contributed by atoms with Gasteiger partial charge in [-0.2, -0.15) is 26.3 Å². The molecular weight excluding hydrogens is 343 g/mol. The molecule has 1 aromatic carbocycles. The summed E-state index contributed by atoms with van der Waals surface area (Å²) >= 11 is 0. The van der Waals surface area contributed by atoms with Crippen LogP contribution in [0.4, 0.5) is 30.7 Å². The highest BCUT2D eigenvalue weighted by atomic mass is 19.4. The van der Waals surface area contributed by atoms with E-state index in [0.717, 1.165) is 26.0 Å². The van der Waals surface area contributed by atoms with Crippen molar-refractivity contribution in [2.45, 2.75) is 38.0 Å². The summed E-state index contributed by atoms with van der Waals surface area (Å²) in [6.07, 6.45) is -12.1. The van der Waals surface area contributed by atoms with Crippen molar-refractivity contribution in [3.63, 3.8) is 0 Å². The van der Waals surface area contributed by atoms with Gasteiger partial charge in [-0.15, -0.1) is 0 Å². The maximum absolute atomic E-state index is 14.0. The SMILES string of the molecule is CC(C)(F)C(O)c1cc(C(F)(F)F)nc2c(C(F)(F)F)cccc12. The molecule has 1 unspecified atom stereocenters. The average molecular weight is 355 g/mol. The lowest BCUT2D eigenvalue weighted by molar-refractivity contribution is -0.142. The topological polar surface area (TPSA) is 33.1 Å². The lowest BCUT2D eigenvalue weighted by Crippen LogP contribution is -2.25. The van der Waals surface area contributed by atoms with Crippen LogP contribution in [0.1, 0.15) is 36.8 Å². The van der Waals surface area contributed by atoms with Crippen LogP contribution in [0.5, 0.6) is 0 Å². The Hall–Kier alpha value is -1.90. The molecule has 132 valence electrons. The first-order valence-corrected chi connectivity index (χ1v) is 6.68. The molecule has 0 aliphatic rings. The van der Waals surface area contributed by atoms with E-state index in [0.29, 0.717) is 12.1 Å². The van der Waals surface area contributed by atoms with Crippen LogP contribution in [0.2, 0.25) is 0 Å². The summed E-state index contributed by atoms with van der Waals surface area (Å²) < 4.78 is 92.0. The summed E-state index contributed by atoms with van der Waals surface area (Å²) in [5.41, 5.74) is -6.99. The number of nitrogens with zero attached hydrogens (tertiary/aromatic N) is 1. The van der Waals surface area contributed by atoms with Gasteiger partial charge in [-0.25, -0.2) is 9.37 Å². The Bertz CT molecular complexity index is 759. The Morgan fingerprint density at radius 3 is 2.00 bits per heavy atom. The summed E-state index contributed by atoms with van der Waals surface area (Å²) in [6.45, 7) is 1.82. The molecule has 0 saturated carbocycles. The van der Waals surface area contributed by atoms with E-state index in [1.807, 2.05) is 0 Å². The molecular formula is C15H12F7NO. The van der Waals surface area contributed by atoms with Crippen molar-refractivity contribution < 1.29 is 35.8 Å². The molecule has 2 nitrogen and oxygen atoms in total. The predicted molar refractivity (Wildman–Crippen MR) is 71.9 cm³/mol. The quantitative estimate of drug-likeness (QED) is 0.765. The molecule has 1 heterocycles. The maximum Gasteiger partial charge on any atom is 0.433 e. The molecule has 0 spiro atoms. The van der Waals surface area contributed by atoms with Gasteiger partial charge in [0.2, 0.25) is 0 Å². The molecule has 0 aliphatic heterocycles. The zero-order valence-electron chi connectivity index (χ0n) is 12.4. The van der Waals surface area contributed by atoms with Crippen molar-refractivity contribution in [1.82, 2.24) is 4.98 Å². The number of aliphatic hydroxyl groups is 1. The highest BCUT2D eigenvalue weighted by Crippen LogP contribution is 2.41. The predicted octanol–water partition coefficient (Wildman–Crippen LogP) is 5.05. The molecule has 24 heavy (non-hydrogen) atoms. The Morgan fingerprint density at radius 1 is 0.958 bits per heavy atom. The summed E-state index contributed by atoms with van der Waals surface area (Å²) in [5, 5.41) is 9.60. The zero-order valence-corrected chi connectivity index (χ0v) is 12.4. The molecule has 9 heteroatoms. The largest absolute Gasteiger partial charge is 0.433 e. The molecule has 0 bridgehead atoms. The van der Waals surface area contributed by atoms with Crippen LogP contribution in [-0.4, -0.2) is 15.8 Å². The van der Waals surface area contributed by atoms with Gasteiger partial charge in [0, 0.05) is 5.39 Å². The number of hydrogen-bond acceptors (Lipinski definition) is 2. The van der Waals surface area contributed by atoms with E-state index in [1.165, 1.54) is 0 Å². The molecule has 2 rings (SSSR count). The van der Waals surface area contributed by atoms with Gasteiger partial charge in [-0.05, 0) is 31.5 Å². The molecule has 1 atom stereocenters. The molecule has 0 amide bonds. The molecule has 0 fully saturated rings. The number of hydrogen-bond donors (Lipinski definition) is 1. The molecule has 0 radical (unpaired) electrons. The van der Waals surface area contributed by atoms with Gasteiger partial charge in [0.15, 0.2) is 0 Å². The lowest BCUT2D eigenvalue weighted by Gasteiger charge is -2.25. The van der Waals surface area contributed by atoms with Crippen LogP contribution in [0, 0.1) is 0 Å². The number of para-hydroxylation sites is 1. The molecule has 0 saturated heterocycles. The van der Waals surface area contributed by atoms with E-state index < -0.39 is 51.8 Å². The Labute approximate surface area is 131 Å². The van der Waals surface area contributed by atoms with Gasteiger partial charge in [0.25, 0.3) is 0 Å². The van der Waals surface area contributed by atoms with Gasteiger partial charge in [0.1, 0.15) is 17.5 Å². The standard InChI is InChI=1S/C15H12F7NO/c1-13(2,16)12(24)8-6-10(15(20,21)22)23-11-7(8)4-3-5-9(11)14(17,18)19/h3-6,12,24H,1-2H3. The van der Waals surface area contributed by atoms with Crippen molar-refractivity contribution >= 4 is 10.9 Å². The van der Waals surface area contributed by atoms with Crippen LogP contribution in [0.15, 0.2) is 24.3 Å². The number of benzene rings is 1. The zero-order chi connectivity index (χ0) is 18.5. The van der Waals surface area contributed by atoms with Crippen LogP contribution >= 0.6 is 0 Å². The third-order valence-corrected chi connectivity index (χ3v) is 3.41. The molecule has 1 N–H and O–H groups in total. The van der Waals surface area contributed by atoms with E-state index in [4.69, 9.17) is 0 Å². The smallest absolute Gasteiger partial charge is 0.385 e. The van der Waals surface area contributed by atoms with Crippen molar-refractivity contribution in [2.75, 3.05) is 0 Å². The van der Waals surface area contributed by atoms with E-state index in [2.05, 4.69) is 4.98 Å². The highest BCUT2D eigenvalue weighted by Gasteiger charge is 2.39. The van der Waals surface area contributed by atoms with E-state index in [-0.39, 0.29) is 0 Å². The minimum absolute atomic E-state index is 0.370. The number of halogens is 7. The fourth-order valence-electron chi connectivity index (χ4n) is 2.24. The second-order valence-electron chi connectivity index (χ2n) is 5.76. The molecule has 0 aliphatic carbocycles. The number of pyridine rings is 1. The first-order valence-electron chi connectivity index (χ1n) is 6.68. The van der Waals surface area contributed by atoms with Gasteiger partial charge in [-0.3, -0.25) is 0 Å². The second-order valence-corrected chi connectivity index (χ2v) is 5.76. The Balaban J connectivity index is 2.91. The lowest BCUT2D eigenvalue weighted by atomic mass is 9.92. The first-order chi connectivity index (χ1) is 10.7. The molecule has 2 aromatic rings. The normalized spacial score (nSPS) is 14.9. The highest BCUT2D eigenvalue weighted by molar-refractivity contribution is 5.86. The van der Waals surface area contributed by atoms with Crippen LogP contribution in [-0.2, 0) is 12.4 Å². The van der Waals surface area contributed by atoms with E-state index >= 15 is 0 Å². The first kappa shape index (κ1) is 18.4. The van der Waals surface area contributed by atoms with Gasteiger partial charge >= 0.3 is 12.4 Å². The summed E-state index contributed by atoms with van der Waals surface area (Å²) in [4.78, 5) is 3.06. The Morgan fingerprint density at radius 2 is 1.54 bits per heavy atom. The number of aromatic nitrogens is 1. The number of alkyl halides is 7. The third kappa shape index (κ3) is 3.45. The Kier molecular flexibility index (Phi) is 4.28. The van der Waals surface area contributed by atoms with Crippen molar-refractivity contribution in [2.24, 2.45) is 0 Å². The third-order valence-electron chi connectivity index (χ3n) is 3.41. The van der Waals surface area contributed by atoms with Crippen molar-refractivity contribution in [1.29, 1.82) is 0 Å².